The maximum atomic E-state index is 12.7. The first-order valence-electron chi connectivity index (χ1n) is 7.09. The number of carbonyl (C=O) groups is 1. The van der Waals surface area contributed by atoms with E-state index in [1.165, 1.54) is 11.8 Å². The van der Waals surface area contributed by atoms with Gasteiger partial charge in [0.05, 0.1) is 4.91 Å². The van der Waals surface area contributed by atoms with Gasteiger partial charge < -0.3 is 9.67 Å². The summed E-state index contributed by atoms with van der Waals surface area (Å²) in [4.78, 5) is 17.3. The van der Waals surface area contributed by atoms with Gasteiger partial charge in [-0.15, -0.1) is 0 Å². The Kier molecular flexibility index (Phi) is 4.62. The second kappa shape index (κ2) is 6.41. The Labute approximate surface area is 153 Å². The Morgan fingerprint density at radius 3 is 2.54 bits per heavy atom. The minimum Gasteiger partial charge on any atom is -0.381 e. The Bertz CT molecular complexity index is 864. The smallest absolute Gasteiger partial charge is 0.198 e. The van der Waals surface area contributed by atoms with Crippen LogP contribution in [0.3, 0.4) is 0 Å². The van der Waals surface area contributed by atoms with Crippen molar-refractivity contribution in [2.45, 2.75) is 17.7 Å². The van der Waals surface area contributed by atoms with Crippen molar-refractivity contribution in [3.8, 4) is 0 Å². The number of hydrogen-bond donors (Lipinski definition) is 1. The number of aryl methyl sites for hydroxylation is 1. The van der Waals surface area contributed by atoms with Crippen molar-refractivity contribution in [2.24, 2.45) is 7.05 Å². The van der Waals surface area contributed by atoms with E-state index in [1.807, 2.05) is 11.6 Å². The molecule has 0 radical (unpaired) electrons. The summed E-state index contributed by atoms with van der Waals surface area (Å²) < 4.78 is 1.81. The van der Waals surface area contributed by atoms with E-state index in [0.29, 0.717) is 25.7 Å². The lowest BCUT2D eigenvalue weighted by atomic mass is 9.97. The van der Waals surface area contributed by atoms with Gasteiger partial charge in [0, 0.05) is 35.1 Å². The molecule has 4 nitrogen and oxygen atoms in total. The van der Waals surface area contributed by atoms with E-state index in [1.54, 1.807) is 49.7 Å². The monoisotopic (exact) mass is 380 g/mol. The molecule has 24 heavy (non-hydrogen) atoms. The number of nitrogens with zero attached hydrogens (tertiary/aromatic N) is 2. The number of halogens is 2. The second-order valence-corrected chi connectivity index (χ2v) is 7.55. The maximum absolute atomic E-state index is 12.7. The summed E-state index contributed by atoms with van der Waals surface area (Å²) in [5, 5.41) is 12.2. The van der Waals surface area contributed by atoms with Crippen LogP contribution in [0, 0.1) is 0 Å². The van der Waals surface area contributed by atoms with E-state index in [4.69, 9.17) is 23.2 Å². The van der Waals surface area contributed by atoms with E-state index in [9.17, 15) is 9.90 Å². The number of carbonyl (C=O) groups excluding carboxylic acids is 1. The molecule has 1 aromatic carbocycles. The highest BCUT2D eigenvalue weighted by atomic mass is 35.5. The van der Waals surface area contributed by atoms with Gasteiger partial charge in [0.15, 0.2) is 10.9 Å². The van der Waals surface area contributed by atoms with Gasteiger partial charge in [-0.25, -0.2) is 4.98 Å². The minimum absolute atomic E-state index is 0.232. The molecule has 0 amide bonds. The molecule has 0 bridgehead atoms. The number of rotatable bonds is 3. The van der Waals surface area contributed by atoms with Crippen LogP contribution >= 0.6 is 35.0 Å². The molecule has 1 aromatic heterocycles. The highest BCUT2D eigenvalue weighted by Gasteiger charge is 2.38. The van der Waals surface area contributed by atoms with Gasteiger partial charge in [-0.3, -0.25) is 4.79 Å². The number of allylic oxidation sites excluding steroid dienone is 1. The molecule has 1 N–H and O–H groups in total. The molecule has 1 aliphatic rings. The lowest BCUT2D eigenvalue weighted by Crippen LogP contribution is -2.22. The zero-order valence-corrected chi connectivity index (χ0v) is 15.3. The van der Waals surface area contributed by atoms with Crippen LogP contribution in [0.15, 0.2) is 52.3 Å². The summed E-state index contributed by atoms with van der Waals surface area (Å²) in [6, 6.07) is 4.99. The Balaban J connectivity index is 1.95. The van der Waals surface area contributed by atoms with Gasteiger partial charge in [0.1, 0.15) is 5.60 Å². The van der Waals surface area contributed by atoms with Crippen molar-refractivity contribution >= 4 is 46.8 Å². The van der Waals surface area contributed by atoms with E-state index in [-0.39, 0.29) is 11.4 Å². The van der Waals surface area contributed by atoms with E-state index < -0.39 is 5.60 Å². The Morgan fingerprint density at radius 2 is 1.96 bits per heavy atom. The molecule has 0 spiro atoms. The maximum Gasteiger partial charge on any atom is 0.198 e. The van der Waals surface area contributed by atoms with Crippen LogP contribution in [0.25, 0.3) is 6.08 Å². The zero-order chi connectivity index (χ0) is 17.5. The fraction of sp³-hybridized carbons (Fsp3) is 0.176. The number of ketones is 1. The number of aromatic nitrogens is 2. The van der Waals surface area contributed by atoms with Crippen LogP contribution < -0.4 is 0 Å². The number of aliphatic hydroxyl groups is 1. The number of Topliss-reactive ketones (excluding diaryl/α,β-unsaturated/α-hetero) is 1. The van der Waals surface area contributed by atoms with Gasteiger partial charge in [-0.1, -0.05) is 23.2 Å². The third-order valence-electron chi connectivity index (χ3n) is 3.60. The normalized spacial score (nSPS) is 22.3. The molecule has 0 aliphatic heterocycles. The number of benzene rings is 1. The molecule has 7 heteroatoms. The first-order chi connectivity index (χ1) is 11.3. The summed E-state index contributed by atoms with van der Waals surface area (Å²) in [7, 11) is 1.85. The molecule has 3 rings (SSSR count). The van der Waals surface area contributed by atoms with Crippen molar-refractivity contribution in [1.29, 1.82) is 0 Å². The molecule has 1 aliphatic carbocycles. The van der Waals surface area contributed by atoms with Crippen LogP contribution in [-0.4, -0.2) is 26.0 Å². The van der Waals surface area contributed by atoms with Gasteiger partial charge >= 0.3 is 0 Å². The van der Waals surface area contributed by atoms with Crippen molar-refractivity contribution in [2.75, 3.05) is 0 Å². The average molecular weight is 381 g/mol. The van der Waals surface area contributed by atoms with Crippen LogP contribution in [-0.2, 0) is 11.8 Å². The van der Waals surface area contributed by atoms with Crippen LogP contribution in [0.2, 0.25) is 10.0 Å². The summed E-state index contributed by atoms with van der Waals surface area (Å²) in [5.41, 5.74) is -0.426. The predicted octanol–water partition coefficient (Wildman–Crippen LogP) is 4.12. The molecule has 0 saturated carbocycles. The van der Waals surface area contributed by atoms with Gasteiger partial charge in [-0.05, 0) is 54.6 Å². The molecule has 1 heterocycles. The summed E-state index contributed by atoms with van der Waals surface area (Å²) >= 11 is 13.2. The third-order valence-corrected chi connectivity index (χ3v) is 5.14. The molecule has 0 saturated heterocycles. The quantitative estimate of drug-likeness (QED) is 0.813. The van der Waals surface area contributed by atoms with Crippen molar-refractivity contribution in [3.63, 3.8) is 0 Å². The van der Waals surface area contributed by atoms with Crippen molar-refractivity contribution in [1.82, 2.24) is 9.55 Å². The molecular formula is C17H14Cl2N2O2S. The SMILES string of the molecule is Cn1ccnc1SC1=CC(C)(O)/C(=C\c2cc(Cl)cc(Cl)c2)C1=O. The summed E-state index contributed by atoms with van der Waals surface area (Å²) in [6.07, 6.45) is 6.62. The van der Waals surface area contributed by atoms with Gasteiger partial charge in [0.25, 0.3) is 0 Å². The lowest BCUT2D eigenvalue weighted by Gasteiger charge is -2.15. The largest absolute Gasteiger partial charge is 0.381 e. The Morgan fingerprint density at radius 1 is 1.29 bits per heavy atom. The topological polar surface area (TPSA) is 55.1 Å². The molecular weight excluding hydrogens is 367 g/mol. The predicted molar refractivity (Wildman–Crippen MR) is 97.2 cm³/mol. The number of imidazole rings is 1. The van der Waals surface area contributed by atoms with Gasteiger partial charge in [-0.2, -0.15) is 0 Å². The van der Waals surface area contributed by atoms with E-state index in [0.717, 1.165) is 0 Å². The number of thioether (sulfide) groups is 1. The van der Waals surface area contributed by atoms with Crippen LogP contribution in [0.1, 0.15) is 12.5 Å². The molecule has 124 valence electrons. The van der Waals surface area contributed by atoms with Crippen LogP contribution in [0.4, 0.5) is 0 Å². The highest BCUT2D eigenvalue weighted by Crippen LogP contribution is 2.39. The minimum atomic E-state index is -1.36. The third kappa shape index (κ3) is 3.44. The van der Waals surface area contributed by atoms with Crippen LogP contribution in [0.5, 0.6) is 0 Å². The van der Waals surface area contributed by atoms with Crippen molar-refractivity contribution < 1.29 is 9.90 Å². The highest BCUT2D eigenvalue weighted by molar-refractivity contribution is 8.03. The lowest BCUT2D eigenvalue weighted by molar-refractivity contribution is -0.112. The molecule has 1 atom stereocenters. The zero-order valence-electron chi connectivity index (χ0n) is 13.0. The average Bonchev–Trinajstić information content (AvgIpc) is 2.95. The molecule has 2 aromatic rings. The first kappa shape index (κ1) is 17.3. The summed E-state index contributed by atoms with van der Waals surface area (Å²) in [6.45, 7) is 1.58. The first-order valence-corrected chi connectivity index (χ1v) is 8.67. The second-order valence-electron chi connectivity index (χ2n) is 5.67. The van der Waals surface area contributed by atoms with Gasteiger partial charge in [0.2, 0.25) is 0 Å². The van der Waals surface area contributed by atoms with E-state index in [2.05, 4.69) is 4.98 Å². The fourth-order valence-electron chi connectivity index (χ4n) is 2.42. The Hall–Kier alpha value is -1.53. The molecule has 1 unspecified atom stereocenters. The summed E-state index contributed by atoms with van der Waals surface area (Å²) in [5.74, 6) is -0.232. The fourth-order valence-corrected chi connectivity index (χ4v) is 3.97. The standard InChI is InChI=1S/C17H14Cl2N2O2S/c1-17(23)9-14(24-16-20-3-4-21(16)2)15(22)13(17)7-10-5-11(18)8-12(19)6-10/h3-9,23H,1-2H3/b13-7-. The van der Waals surface area contributed by atoms with Crippen molar-refractivity contribution in [3.05, 3.63) is 62.8 Å². The molecule has 0 fully saturated rings. The number of hydrogen-bond acceptors (Lipinski definition) is 4. The van der Waals surface area contributed by atoms with E-state index >= 15 is 0 Å².